The molecular weight excluding hydrogens is 243 g/mol. The summed E-state index contributed by atoms with van der Waals surface area (Å²) in [5.74, 6) is -0.448. The van der Waals surface area contributed by atoms with Gasteiger partial charge in [0.15, 0.2) is 0 Å². The van der Waals surface area contributed by atoms with Crippen LogP contribution in [0.25, 0.3) is 0 Å². The van der Waals surface area contributed by atoms with Gasteiger partial charge in [-0.25, -0.2) is 4.39 Å². The standard InChI is InChI=1S/C9H8ClFOS2/c1-2-12-9(13)14-6-3-4-7(10)8(11)5-6/h3-5H,2H2,1H3. The molecule has 0 saturated carbocycles. The molecule has 0 spiro atoms. The Balaban J connectivity index is 2.68. The molecule has 0 aromatic heterocycles. The summed E-state index contributed by atoms with van der Waals surface area (Å²) in [6.07, 6.45) is 0. The van der Waals surface area contributed by atoms with Gasteiger partial charge in [0, 0.05) is 4.90 Å². The molecule has 76 valence electrons. The first-order chi connectivity index (χ1) is 6.63. The second-order valence-electron chi connectivity index (χ2n) is 2.36. The Morgan fingerprint density at radius 2 is 2.36 bits per heavy atom. The van der Waals surface area contributed by atoms with Crippen LogP contribution in [-0.4, -0.2) is 11.0 Å². The van der Waals surface area contributed by atoms with Crippen LogP contribution in [0, 0.1) is 5.82 Å². The highest BCUT2D eigenvalue weighted by atomic mass is 35.5. The van der Waals surface area contributed by atoms with Crippen molar-refractivity contribution in [3.63, 3.8) is 0 Å². The van der Waals surface area contributed by atoms with E-state index in [9.17, 15) is 4.39 Å². The third-order valence-electron chi connectivity index (χ3n) is 1.35. The lowest BCUT2D eigenvalue weighted by atomic mass is 10.3. The van der Waals surface area contributed by atoms with Crippen LogP contribution in [0.1, 0.15) is 6.92 Å². The van der Waals surface area contributed by atoms with Crippen LogP contribution in [0.4, 0.5) is 4.39 Å². The van der Waals surface area contributed by atoms with Crippen molar-refractivity contribution in [2.75, 3.05) is 6.61 Å². The summed E-state index contributed by atoms with van der Waals surface area (Å²) in [7, 11) is 0. The number of benzene rings is 1. The smallest absolute Gasteiger partial charge is 0.224 e. The predicted molar refractivity (Wildman–Crippen MR) is 61.5 cm³/mol. The van der Waals surface area contributed by atoms with Crippen molar-refractivity contribution in [1.82, 2.24) is 0 Å². The summed E-state index contributed by atoms with van der Waals surface area (Å²) in [5, 5.41) is 0.108. The summed E-state index contributed by atoms with van der Waals surface area (Å²) < 4.78 is 18.4. The van der Waals surface area contributed by atoms with Crippen LogP contribution in [0.2, 0.25) is 5.02 Å². The van der Waals surface area contributed by atoms with Gasteiger partial charge in [0.05, 0.1) is 11.6 Å². The summed E-state index contributed by atoms with van der Waals surface area (Å²) in [4.78, 5) is 0.686. The van der Waals surface area contributed by atoms with Crippen LogP contribution in [0.3, 0.4) is 0 Å². The van der Waals surface area contributed by atoms with Crippen molar-refractivity contribution < 1.29 is 9.13 Å². The van der Waals surface area contributed by atoms with Crippen LogP contribution in [0.5, 0.6) is 0 Å². The summed E-state index contributed by atoms with van der Waals surface area (Å²) in [6.45, 7) is 2.36. The molecule has 0 aliphatic heterocycles. The molecule has 0 N–H and O–H groups in total. The molecule has 0 bridgehead atoms. The van der Waals surface area contributed by atoms with Gasteiger partial charge in [-0.15, -0.1) is 0 Å². The average molecular weight is 251 g/mol. The van der Waals surface area contributed by atoms with Gasteiger partial charge in [0.25, 0.3) is 0 Å². The Morgan fingerprint density at radius 3 is 2.93 bits per heavy atom. The normalized spacial score (nSPS) is 9.93. The minimum Gasteiger partial charge on any atom is -0.479 e. The quantitative estimate of drug-likeness (QED) is 0.582. The molecule has 1 nitrogen and oxygen atoms in total. The first kappa shape index (κ1) is 11.8. The molecule has 0 atom stereocenters. The van der Waals surface area contributed by atoms with E-state index in [4.69, 9.17) is 28.6 Å². The van der Waals surface area contributed by atoms with Gasteiger partial charge in [-0.1, -0.05) is 11.6 Å². The Labute approximate surface area is 96.6 Å². The van der Waals surface area contributed by atoms with Gasteiger partial charge in [0.2, 0.25) is 4.38 Å². The third kappa shape index (κ3) is 3.44. The lowest BCUT2D eigenvalue weighted by Gasteiger charge is -2.04. The van der Waals surface area contributed by atoms with E-state index in [1.807, 2.05) is 6.92 Å². The number of thiocarbonyl (C=S) groups is 1. The summed E-state index contributed by atoms with van der Waals surface area (Å²) >= 11 is 11.6. The van der Waals surface area contributed by atoms with E-state index in [1.165, 1.54) is 23.9 Å². The molecule has 0 unspecified atom stereocenters. The van der Waals surface area contributed by atoms with Crippen molar-refractivity contribution in [2.24, 2.45) is 0 Å². The van der Waals surface area contributed by atoms with Gasteiger partial charge in [-0.2, -0.15) is 0 Å². The lowest BCUT2D eigenvalue weighted by molar-refractivity contribution is 0.346. The average Bonchev–Trinajstić information content (AvgIpc) is 2.12. The zero-order valence-corrected chi connectivity index (χ0v) is 9.81. The predicted octanol–water partition coefficient (Wildman–Crippen LogP) is 3.89. The monoisotopic (exact) mass is 250 g/mol. The molecule has 0 amide bonds. The zero-order chi connectivity index (χ0) is 10.6. The molecule has 1 aromatic rings. The zero-order valence-electron chi connectivity index (χ0n) is 7.42. The number of hydrogen-bond acceptors (Lipinski definition) is 3. The van der Waals surface area contributed by atoms with Gasteiger partial charge in [-0.3, -0.25) is 0 Å². The Hall–Kier alpha value is -0.320. The minimum atomic E-state index is -0.448. The highest BCUT2D eigenvalue weighted by molar-refractivity contribution is 8.22. The molecule has 5 heteroatoms. The van der Waals surface area contributed by atoms with E-state index >= 15 is 0 Å². The summed E-state index contributed by atoms with van der Waals surface area (Å²) in [6, 6.07) is 4.52. The number of halogens is 2. The minimum absolute atomic E-state index is 0.108. The van der Waals surface area contributed by atoms with Crippen LogP contribution in [-0.2, 0) is 4.74 Å². The summed E-state index contributed by atoms with van der Waals surface area (Å²) in [5.41, 5.74) is 0. The molecule has 0 heterocycles. The maximum atomic E-state index is 13.0. The van der Waals surface area contributed by atoms with E-state index < -0.39 is 5.82 Å². The number of ether oxygens (including phenoxy) is 1. The molecule has 14 heavy (non-hydrogen) atoms. The molecule has 0 saturated heterocycles. The van der Waals surface area contributed by atoms with Crippen molar-refractivity contribution in [3.8, 4) is 0 Å². The Morgan fingerprint density at radius 1 is 1.64 bits per heavy atom. The largest absolute Gasteiger partial charge is 0.479 e. The maximum Gasteiger partial charge on any atom is 0.224 e. The second-order valence-corrected chi connectivity index (χ2v) is 4.44. The fraction of sp³-hybridized carbons (Fsp3) is 0.222. The molecule has 0 fully saturated rings. The Bertz CT molecular complexity index is 344. The third-order valence-corrected chi connectivity index (χ3v) is 2.80. The maximum absolute atomic E-state index is 13.0. The van der Waals surface area contributed by atoms with Crippen LogP contribution in [0.15, 0.2) is 23.1 Å². The van der Waals surface area contributed by atoms with Gasteiger partial charge in [0.1, 0.15) is 5.82 Å². The van der Waals surface area contributed by atoms with E-state index in [0.29, 0.717) is 15.9 Å². The fourth-order valence-corrected chi connectivity index (χ4v) is 1.98. The van der Waals surface area contributed by atoms with E-state index in [1.54, 1.807) is 6.07 Å². The molecule has 0 aliphatic carbocycles. The highest BCUT2D eigenvalue weighted by Crippen LogP contribution is 2.24. The SMILES string of the molecule is CCOC(=S)Sc1ccc(Cl)c(F)c1. The molecule has 0 aliphatic rings. The number of rotatable bonds is 2. The first-order valence-corrected chi connectivity index (χ1v) is 5.53. The topological polar surface area (TPSA) is 9.23 Å². The van der Waals surface area contributed by atoms with Crippen LogP contribution >= 0.6 is 35.6 Å². The highest BCUT2D eigenvalue weighted by Gasteiger charge is 2.04. The molecule has 0 radical (unpaired) electrons. The van der Waals surface area contributed by atoms with Crippen LogP contribution < -0.4 is 0 Å². The molecule has 1 aromatic carbocycles. The first-order valence-electron chi connectivity index (χ1n) is 3.93. The molecule has 1 rings (SSSR count). The number of thioether (sulfide) groups is 1. The van der Waals surface area contributed by atoms with Gasteiger partial charge < -0.3 is 4.74 Å². The van der Waals surface area contributed by atoms with Crippen molar-refractivity contribution >= 4 is 40.0 Å². The Kier molecular flexibility index (Phi) is 4.65. The van der Waals surface area contributed by atoms with Gasteiger partial charge in [-0.05, 0) is 49.1 Å². The van der Waals surface area contributed by atoms with E-state index in [2.05, 4.69) is 0 Å². The van der Waals surface area contributed by atoms with E-state index in [0.717, 1.165) is 0 Å². The molecular formula is C9H8ClFOS2. The lowest BCUT2D eigenvalue weighted by Crippen LogP contribution is -1.95. The fourth-order valence-electron chi connectivity index (χ4n) is 0.784. The second kappa shape index (κ2) is 5.53. The van der Waals surface area contributed by atoms with Crippen molar-refractivity contribution in [3.05, 3.63) is 29.0 Å². The van der Waals surface area contributed by atoms with E-state index in [-0.39, 0.29) is 5.02 Å². The van der Waals surface area contributed by atoms with Gasteiger partial charge >= 0.3 is 0 Å². The number of hydrogen-bond donors (Lipinski definition) is 0. The van der Waals surface area contributed by atoms with Crippen molar-refractivity contribution in [1.29, 1.82) is 0 Å². The van der Waals surface area contributed by atoms with Crippen molar-refractivity contribution in [2.45, 2.75) is 11.8 Å².